The molecule has 5 aliphatic heterocycles. The first kappa shape index (κ1) is 36.5. The molecule has 39 heavy (non-hydrogen) atoms. The minimum atomic E-state index is 0.913. The fourth-order valence-corrected chi connectivity index (χ4v) is 5.22. The summed E-state index contributed by atoms with van der Waals surface area (Å²) in [5.41, 5.74) is 1.51. The summed E-state index contributed by atoms with van der Waals surface area (Å²) in [5.74, 6) is 1.92. The Labute approximate surface area is 244 Å². The molecule has 0 saturated carbocycles. The third-order valence-corrected chi connectivity index (χ3v) is 8.35. The molecule has 0 N–H and O–H groups in total. The minimum Gasteiger partial charge on any atom is -0.379 e. The van der Waals surface area contributed by atoms with Crippen LogP contribution in [0, 0.1) is 11.8 Å². The Bertz CT molecular complexity index is 547. The van der Waals surface area contributed by atoms with Crippen molar-refractivity contribution in [1.82, 2.24) is 29.4 Å². The smallest absolute Gasteiger partial charge is 0.0594 e. The maximum absolute atomic E-state index is 5.10. The van der Waals surface area contributed by atoms with Gasteiger partial charge >= 0.3 is 0 Å². The summed E-state index contributed by atoms with van der Waals surface area (Å²) in [6.45, 7) is 23.4. The first-order valence-corrected chi connectivity index (χ1v) is 15.9. The lowest BCUT2D eigenvalue weighted by Gasteiger charge is -2.28. The van der Waals surface area contributed by atoms with Crippen molar-refractivity contribution >= 4 is 0 Å². The molecule has 4 saturated heterocycles. The average Bonchev–Trinajstić information content (AvgIpc) is 2.89. The highest BCUT2D eigenvalue weighted by Gasteiger charge is 2.12. The molecule has 7 nitrogen and oxygen atoms in total. The van der Waals surface area contributed by atoms with Crippen molar-refractivity contribution in [3.8, 4) is 0 Å². The Balaban J connectivity index is 0.000000244. The van der Waals surface area contributed by atoms with Gasteiger partial charge in [-0.2, -0.15) is 0 Å². The molecule has 0 spiro atoms. The van der Waals surface area contributed by atoms with Gasteiger partial charge in [0.1, 0.15) is 0 Å². The van der Waals surface area contributed by atoms with Gasteiger partial charge in [0, 0.05) is 58.9 Å². The van der Waals surface area contributed by atoms with Gasteiger partial charge in [-0.05, 0) is 113 Å². The van der Waals surface area contributed by atoms with Crippen molar-refractivity contribution in [3.05, 3.63) is 11.6 Å². The molecule has 0 bridgehead atoms. The standard InChI is InChI=1S/2C7H15N.C7H13N.C6H14N2.C5H11NO/c1-7-3-5-8(2)6-4-7;2*1-7-4-3-5-8(2)6-7;1-7-3-5-8(2)6-4-7;1-6-2-4-7-5-3-6/h2*7H,3-6H2,1-2H3;4H,3,5-6H2,1-2H3;3-6H2,1-2H3;2-5H2,1H3. The molecule has 0 aromatic carbocycles. The number of piperidine rings is 2. The van der Waals surface area contributed by atoms with Crippen LogP contribution in [0.2, 0.25) is 0 Å². The van der Waals surface area contributed by atoms with Crippen LogP contribution in [0.3, 0.4) is 0 Å². The second kappa shape index (κ2) is 22.1. The molecule has 0 radical (unpaired) electrons. The quantitative estimate of drug-likeness (QED) is 0.423. The number of likely N-dealkylation sites (N-methyl/N-ethyl adjacent to an activating group) is 4. The highest BCUT2D eigenvalue weighted by atomic mass is 16.5. The lowest BCUT2D eigenvalue weighted by Crippen LogP contribution is -2.42. The summed E-state index contributed by atoms with van der Waals surface area (Å²) < 4.78 is 5.10. The molecule has 232 valence electrons. The number of piperazine rings is 1. The Kier molecular flexibility index (Phi) is 20.7. The summed E-state index contributed by atoms with van der Waals surface area (Å²) in [7, 11) is 13.0. The Morgan fingerprint density at radius 1 is 0.564 bits per heavy atom. The van der Waals surface area contributed by atoms with Crippen molar-refractivity contribution in [2.75, 3.05) is 134 Å². The highest BCUT2D eigenvalue weighted by Crippen LogP contribution is 2.14. The van der Waals surface area contributed by atoms with Gasteiger partial charge in [0.2, 0.25) is 0 Å². The number of nitrogens with zero attached hydrogens (tertiary/aromatic N) is 6. The number of hydrogen-bond donors (Lipinski definition) is 0. The molecule has 1 atom stereocenters. The van der Waals surface area contributed by atoms with Gasteiger partial charge in [-0.3, -0.25) is 0 Å². The number of ether oxygens (including phenoxy) is 1. The molecule has 7 heteroatoms. The maximum Gasteiger partial charge on any atom is 0.0594 e. The van der Waals surface area contributed by atoms with E-state index in [1.807, 2.05) is 0 Å². The summed E-state index contributed by atoms with van der Waals surface area (Å²) in [4.78, 5) is 14.1. The van der Waals surface area contributed by atoms with E-state index in [1.165, 1.54) is 103 Å². The van der Waals surface area contributed by atoms with E-state index in [9.17, 15) is 0 Å². The Morgan fingerprint density at radius 3 is 1.41 bits per heavy atom. The largest absolute Gasteiger partial charge is 0.379 e. The summed E-state index contributed by atoms with van der Waals surface area (Å²) in [6, 6.07) is 0. The minimum absolute atomic E-state index is 0.913. The van der Waals surface area contributed by atoms with Gasteiger partial charge in [0.05, 0.1) is 13.2 Å². The zero-order valence-corrected chi connectivity index (χ0v) is 27.8. The maximum atomic E-state index is 5.10. The van der Waals surface area contributed by atoms with E-state index in [2.05, 4.69) is 98.5 Å². The van der Waals surface area contributed by atoms with Gasteiger partial charge in [-0.1, -0.05) is 25.5 Å². The van der Waals surface area contributed by atoms with Crippen LogP contribution in [-0.2, 0) is 4.74 Å². The van der Waals surface area contributed by atoms with E-state index in [1.54, 1.807) is 0 Å². The zero-order chi connectivity index (χ0) is 29.0. The van der Waals surface area contributed by atoms with Crippen LogP contribution in [0.1, 0.15) is 52.9 Å². The molecular formula is C32H68N6O. The highest BCUT2D eigenvalue weighted by molar-refractivity contribution is 5.03. The van der Waals surface area contributed by atoms with Crippen LogP contribution in [-0.4, -0.2) is 163 Å². The first-order valence-electron chi connectivity index (χ1n) is 15.9. The lowest BCUT2D eigenvalue weighted by molar-refractivity contribution is 0.0503. The van der Waals surface area contributed by atoms with Crippen molar-refractivity contribution in [2.45, 2.75) is 52.9 Å². The van der Waals surface area contributed by atoms with Crippen molar-refractivity contribution in [3.63, 3.8) is 0 Å². The Morgan fingerprint density at radius 2 is 1.08 bits per heavy atom. The van der Waals surface area contributed by atoms with Gasteiger partial charge in [0.15, 0.2) is 0 Å². The third kappa shape index (κ3) is 20.9. The van der Waals surface area contributed by atoms with Gasteiger partial charge < -0.3 is 34.1 Å². The molecule has 0 aromatic rings. The normalized spacial score (nSPS) is 26.8. The fourth-order valence-electron chi connectivity index (χ4n) is 5.22. The molecule has 5 rings (SSSR count). The van der Waals surface area contributed by atoms with Crippen LogP contribution in [0.15, 0.2) is 11.6 Å². The van der Waals surface area contributed by atoms with Crippen molar-refractivity contribution < 1.29 is 4.74 Å². The SMILES string of the molecule is CC1=CCCN(C)C1.CC1CCCN(C)C1.CC1CCN(C)CC1.CN1CCN(C)CC1.CN1CCOCC1. The summed E-state index contributed by atoms with van der Waals surface area (Å²) in [6.07, 6.45) is 9.19. The second-order valence-electron chi connectivity index (χ2n) is 13.1. The van der Waals surface area contributed by atoms with Crippen molar-refractivity contribution in [2.24, 2.45) is 11.8 Å². The first-order chi connectivity index (χ1) is 18.5. The van der Waals surface area contributed by atoms with E-state index in [4.69, 9.17) is 4.74 Å². The molecule has 0 aliphatic carbocycles. The van der Waals surface area contributed by atoms with Crippen LogP contribution < -0.4 is 0 Å². The zero-order valence-electron chi connectivity index (χ0n) is 27.8. The van der Waals surface area contributed by atoms with Crippen LogP contribution in [0.25, 0.3) is 0 Å². The van der Waals surface area contributed by atoms with Crippen LogP contribution >= 0.6 is 0 Å². The predicted molar refractivity (Wildman–Crippen MR) is 171 cm³/mol. The van der Waals surface area contributed by atoms with Crippen LogP contribution in [0.4, 0.5) is 0 Å². The van der Waals surface area contributed by atoms with E-state index < -0.39 is 0 Å². The van der Waals surface area contributed by atoms with E-state index >= 15 is 0 Å². The second-order valence-corrected chi connectivity index (χ2v) is 13.1. The molecule has 1 unspecified atom stereocenters. The molecule has 4 fully saturated rings. The molecule has 5 heterocycles. The van der Waals surface area contributed by atoms with E-state index in [0.29, 0.717) is 0 Å². The van der Waals surface area contributed by atoms with Gasteiger partial charge in [0.25, 0.3) is 0 Å². The topological polar surface area (TPSA) is 28.7 Å². The number of hydrogen-bond acceptors (Lipinski definition) is 7. The molecule has 5 aliphatic rings. The molecule has 0 amide bonds. The van der Waals surface area contributed by atoms with Gasteiger partial charge in [-0.25, -0.2) is 0 Å². The third-order valence-electron chi connectivity index (χ3n) is 8.35. The lowest BCUT2D eigenvalue weighted by atomic mass is 10.00. The number of rotatable bonds is 0. The predicted octanol–water partition coefficient (Wildman–Crippen LogP) is 3.78. The molecule has 0 aromatic heterocycles. The van der Waals surface area contributed by atoms with Crippen LogP contribution in [0.5, 0.6) is 0 Å². The monoisotopic (exact) mass is 553 g/mol. The molecular weight excluding hydrogens is 484 g/mol. The summed E-state index contributed by atoms with van der Waals surface area (Å²) >= 11 is 0. The summed E-state index contributed by atoms with van der Waals surface area (Å²) in [5, 5.41) is 0. The van der Waals surface area contributed by atoms with Crippen molar-refractivity contribution in [1.29, 1.82) is 0 Å². The Hall–Kier alpha value is -0.540. The van der Waals surface area contributed by atoms with Gasteiger partial charge in [-0.15, -0.1) is 0 Å². The fraction of sp³-hybridized carbons (Fsp3) is 0.938. The van der Waals surface area contributed by atoms with E-state index in [-0.39, 0.29) is 0 Å². The number of likely N-dealkylation sites (tertiary alicyclic amines) is 2. The number of morpholine rings is 1. The van der Waals surface area contributed by atoms with E-state index in [0.717, 1.165) is 38.1 Å². The average molecular weight is 553 g/mol.